The van der Waals surface area contributed by atoms with Gasteiger partial charge in [-0.15, -0.1) is 0 Å². The molecule has 0 saturated heterocycles. The van der Waals surface area contributed by atoms with Gasteiger partial charge in [-0.3, -0.25) is 0 Å². The van der Waals surface area contributed by atoms with Crippen molar-refractivity contribution in [3.8, 4) is 0 Å². The number of nitrogens with one attached hydrogen (secondary N) is 1. The molecule has 0 heterocycles. The molecule has 106 valence electrons. The summed E-state index contributed by atoms with van der Waals surface area (Å²) in [6.07, 6.45) is -0.167. The number of amidine groups is 1. The fourth-order valence-corrected chi connectivity index (χ4v) is 2.37. The van der Waals surface area contributed by atoms with E-state index in [4.69, 9.17) is 10.9 Å². The molecule has 1 rings (SSSR count). The Bertz CT molecular complexity index is 581. The lowest BCUT2D eigenvalue weighted by molar-refractivity contribution is 0.317. The number of halogens is 3. The quantitative estimate of drug-likeness (QED) is 0.319. The van der Waals surface area contributed by atoms with Crippen LogP contribution < -0.4 is 10.5 Å². The largest absolute Gasteiger partial charge is 0.409 e. The number of sulfonamides is 1. The summed E-state index contributed by atoms with van der Waals surface area (Å²) < 4.78 is 64.2. The topological polar surface area (TPSA) is 105 Å². The van der Waals surface area contributed by atoms with E-state index in [2.05, 4.69) is 5.16 Å². The molecule has 0 saturated carbocycles. The zero-order valence-electron chi connectivity index (χ0n) is 9.40. The van der Waals surface area contributed by atoms with Gasteiger partial charge in [0.05, 0.1) is 0 Å². The first-order valence-corrected chi connectivity index (χ1v) is 6.37. The van der Waals surface area contributed by atoms with E-state index in [0.29, 0.717) is 0 Å². The van der Waals surface area contributed by atoms with Crippen LogP contribution in [0.25, 0.3) is 0 Å². The summed E-state index contributed by atoms with van der Waals surface area (Å²) in [5.74, 6) is -4.59. The third kappa shape index (κ3) is 3.83. The molecule has 19 heavy (non-hydrogen) atoms. The Morgan fingerprint density at radius 2 is 1.84 bits per heavy atom. The minimum atomic E-state index is -4.50. The van der Waals surface area contributed by atoms with Gasteiger partial charge in [0.1, 0.15) is 23.3 Å². The molecule has 0 amide bonds. The lowest BCUT2D eigenvalue weighted by Crippen LogP contribution is -2.29. The average Bonchev–Trinajstić information content (AvgIpc) is 2.26. The lowest BCUT2D eigenvalue weighted by atomic mass is 10.3. The molecule has 0 aliphatic carbocycles. The Labute approximate surface area is 106 Å². The summed E-state index contributed by atoms with van der Waals surface area (Å²) in [7, 11) is -4.50. The number of hydrogen-bond acceptors (Lipinski definition) is 4. The second-order valence-electron chi connectivity index (χ2n) is 3.44. The molecule has 0 atom stereocenters. The van der Waals surface area contributed by atoms with Crippen LogP contribution in [0.15, 0.2) is 22.2 Å². The number of hydrogen-bond donors (Lipinski definition) is 3. The molecule has 0 bridgehead atoms. The Morgan fingerprint density at radius 3 is 2.32 bits per heavy atom. The first-order valence-electron chi connectivity index (χ1n) is 4.88. The van der Waals surface area contributed by atoms with Crippen LogP contribution in [0.4, 0.5) is 13.2 Å². The summed E-state index contributed by atoms with van der Waals surface area (Å²) in [4.78, 5) is -1.28. The molecular weight excluding hydrogens is 287 g/mol. The highest BCUT2D eigenvalue weighted by Gasteiger charge is 2.24. The maximum atomic E-state index is 13.3. The number of oxime groups is 1. The zero-order chi connectivity index (χ0) is 14.6. The summed E-state index contributed by atoms with van der Waals surface area (Å²) in [5.41, 5.74) is 5.09. The van der Waals surface area contributed by atoms with Gasteiger partial charge < -0.3 is 10.9 Å². The van der Waals surface area contributed by atoms with Crippen LogP contribution in [-0.2, 0) is 10.0 Å². The van der Waals surface area contributed by atoms with Crippen LogP contribution in [0.5, 0.6) is 0 Å². The van der Waals surface area contributed by atoms with Gasteiger partial charge in [0.2, 0.25) is 10.0 Å². The van der Waals surface area contributed by atoms with Gasteiger partial charge in [0, 0.05) is 25.1 Å². The molecule has 0 fully saturated rings. The number of benzene rings is 1. The first kappa shape index (κ1) is 15.2. The smallest absolute Gasteiger partial charge is 0.246 e. The summed E-state index contributed by atoms with van der Waals surface area (Å²) in [6.45, 7) is -0.339. The van der Waals surface area contributed by atoms with Crippen molar-refractivity contribution >= 4 is 15.9 Å². The van der Waals surface area contributed by atoms with Crippen LogP contribution in [0, 0.1) is 17.5 Å². The van der Waals surface area contributed by atoms with Crippen LogP contribution >= 0.6 is 0 Å². The second kappa shape index (κ2) is 5.89. The molecule has 0 unspecified atom stereocenters. The molecule has 0 spiro atoms. The van der Waals surface area contributed by atoms with Crippen molar-refractivity contribution in [1.82, 2.24) is 4.72 Å². The van der Waals surface area contributed by atoms with E-state index < -0.39 is 32.4 Å². The van der Waals surface area contributed by atoms with E-state index in [1.54, 1.807) is 0 Å². The standard InChI is InChI=1S/C9H10F3N3O3S/c10-5-3-6(11)9(7(12)4-5)19(17,18)14-2-1-8(13)15-16/h3-4,14,16H,1-2H2,(H2,13,15). The lowest BCUT2D eigenvalue weighted by Gasteiger charge is -2.08. The molecule has 0 radical (unpaired) electrons. The highest BCUT2D eigenvalue weighted by atomic mass is 32.2. The minimum Gasteiger partial charge on any atom is -0.409 e. The van der Waals surface area contributed by atoms with Crippen molar-refractivity contribution < 1.29 is 26.8 Å². The minimum absolute atomic E-state index is 0.167. The van der Waals surface area contributed by atoms with Crippen molar-refractivity contribution in [3.05, 3.63) is 29.6 Å². The third-order valence-corrected chi connectivity index (χ3v) is 3.55. The SMILES string of the molecule is NC(CCNS(=O)(=O)c1c(F)cc(F)cc1F)=NO. The number of nitrogens with two attached hydrogens (primary N) is 1. The van der Waals surface area contributed by atoms with Gasteiger partial charge in [-0.05, 0) is 0 Å². The molecule has 6 nitrogen and oxygen atoms in total. The number of nitrogens with zero attached hydrogens (tertiary/aromatic N) is 1. The molecule has 0 aliphatic rings. The maximum absolute atomic E-state index is 13.3. The zero-order valence-corrected chi connectivity index (χ0v) is 10.2. The van der Waals surface area contributed by atoms with Gasteiger partial charge in [-0.25, -0.2) is 26.3 Å². The highest BCUT2D eigenvalue weighted by Crippen LogP contribution is 2.19. The predicted molar refractivity (Wildman–Crippen MR) is 59.5 cm³/mol. The Morgan fingerprint density at radius 1 is 1.32 bits per heavy atom. The maximum Gasteiger partial charge on any atom is 0.246 e. The Hall–Kier alpha value is -1.81. The fourth-order valence-electron chi connectivity index (χ4n) is 1.22. The van der Waals surface area contributed by atoms with Gasteiger partial charge in [0.25, 0.3) is 0 Å². The van der Waals surface area contributed by atoms with Crippen molar-refractivity contribution in [3.63, 3.8) is 0 Å². The van der Waals surface area contributed by atoms with Crippen molar-refractivity contribution in [2.75, 3.05) is 6.54 Å². The van der Waals surface area contributed by atoms with E-state index in [0.717, 1.165) is 0 Å². The molecule has 0 aliphatic heterocycles. The van der Waals surface area contributed by atoms with Gasteiger partial charge in [-0.1, -0.05) is 5.16 Å². The summed E-state index contributed by atoms with van der Waals surface area (Å²) in [5, 5.41) is 10.8. The van der Waals surface area contributed by atoms with E-state index in [1.807, 2.05) is 4.72 Å². The van der Waals surface area contributed by atoms with Crippen LogP contribution in [-0.4, -0.2) is 26.0 Å². The Kier molecular flexibility index (Phi) is 4.72. The first-order chi connectivity index (χ1) is 8.77. The monoisotopic (exact) mass is 297 g/mol. The van der Waals surface area contributed by atoms with Gasteiger partial charge >= 0.3 is 0 Å². The molecule has 10 heteroatoms. The molecule has 1 aromatic rings. The van der Waals surface area contributed by atoms with Crippen molar-refractivity contribution in [1.29, 1.82) is 0 Å². The molecule has 1 aromatic carbocycles. The van der Waals surface area contributed by atoms with Crippen molar-refractivity contribution in [2.45, 2.75) is 11.3 Å². The fraction of sp³-hybridized carbons (Fsp3) is 0.222. The molecular formula is C9H10F3N3O3S. The van der Waals surface area contributed by atoms with Crippen LogP contribution in [0.1, 0.15) is 6.42 Å². The molecule has 0 aromatic heterocycles. The number of rotatable bonds is 5. The molecule has 4 N–H and O–H groups in total. The highest BCUT2D eigenvalue weighted by molar-refractivity contribution is 7.89. The van der Waals surface area contributed by atoms with Crippen molar-refractivity contribution in [2.24, 2.45) is 10.9 Å². The summed E-state index contributed by atoms with van der Waals surface area (Å²) >= 11 is 0. The van der Waals surface area contributed by atoms with Crippen LogP contribution in [0.2, 0.25) is 0 Å². The van der Waals surface area contributed by atoms with Crippen LogP contribution in [0.3, 0.4) is 0 Å². The average molecular weight is 297 g/mol. The third-order valence-electron chi connectivity index (χ3n) is 2.03. The van der Waals surface area contributed by atoms with Gasteiger partial charge in [0.15, 0.2) is 4.90 Å². The van der Waals surface area contributed by atoms with E-state index >= 15 is 0 Å². The Balaban J connectivity index is 2.95. The normalized spacial score (nSPS) is 12.7. The second-order valence-corrected chi connectivity index (χ2v) is 5.14. The van der Waals surface area contributed by atoms with E-state index in [1.165, 1.54) is 0 Å². The van der Waals surface area contributed by atoms with E-state index in [-0.39, 0.29) is 30.9 Å². The predicted octanol–water partition coefficient (Wildman–Crippen LogP) is 0.519. The summed E-state index contributed by atoms with van der Waals surface area (Å²) in [6, 6.07) is 0.502. The van der Waals surface area contributed by atoms with Gasteiger partial charge in [-0.2, -0.15) is 0 Å². The van der Waals surface area contributed by atoms with E-state index in [9.17, 15) is 21.6 Å².